The third-order valence-corrected chi connectivity index (χ3v) is 2.16. The molecule has 0 aliphatic rings. The Labute approximate surface area is 76.4 Å². The Morgan fingerprint density at radius 3 is 2.54 bits per heavy atom. The molecule has 0 aromatic carbocycles. The summed E-state index contributed by atoms with van der Waals surface area (Å²) in [5.41, 5.74) is 3.96. The van der Waals surface area contributed by atoms with Crippen molar-refractivity contribution in [2.45, 2.75) is 26.7 Å². The van der Waals surface area contributed by atoms with Crippen LogP contribution >= 0.6 is 0 Å². The molecular formula is C9H12N4. The number of rotatable bonds is 2. The van der Waals surface area contributed by atoms with Crippen LogP contribution in [0, 0.1) is 0 Å². The summed E-state index contributed by atoms with van der Waals surface area (Å²) in [6.07, 6.45) is 3.46. The predicted octanol–water partition coefficient (Wildman–Crippen LogP) is 1.48. The van der Waals surface area contributed by atoms with Gasteiger partial charge in [-0.1, -0.05) is 13.8 Å². The van der Waals surface area contributed by atoms with Crippen LogP contribution in [0.1, 0.15) is 25.2 Å². The molecule has 0 unspecified atom stereocenters. The van der Waals surface area contributed by atoms with E-state index in [1.54, 1.807) is 6.33 Å². The van der Waals surface area contributed by atoms with E-state index in [9.17, 15) is 0 Å². The number of hydrogen-bond acceptors (Lipinski definition) is 3. The van der Waals surface area contributed by atoms with Gasteiger partial charge in [0.25, 0.3) is 0 Å². The van der Waals surface area contributed by atoms with E-state index in [0.29, 0.717) is 0 Å². The van der Waals surface area contributed by atoms with Gasteiger partial charge in [-0.15, -0.1) is 0 Å². The average Bonchev–Trinajstić information content (AvgIpc) is 2.64. The molecule has 0 amide bonds. The smallest absolute Gasteiger partial charge is 0.113 e. The normalized spacial score (nSPS) is 10.9. The first-order valence-electron chi connectivity index (χ1n) is 4.54. The quantitative estimate of drug-likeness (QED) is 0.754. The maximum absolute atomic E-state index is 4.24. The van der Waals surface area contributed by atoms with Crippen molar-refractivity contribution in [3.63, 3.8) is 0 Å². The van der Waals surface area contributed by atoms with Crippen molar-refractivity contribution in [3.05, 3.63) is 17.7 Å². The minimum atomic E-state index is 0.873. The molecule has 0 bridgehead atoms. The summed E-state index contributed by atoms with van der Waals surface area (Å²) in [4.78, 5) is 7.34. The lowest BCUT2D eigenvalue weighted by molar-refractivity contribution is 0.879. The van der Waals surface area contributed by atoms with Crippen molar-refractivity contribution in [2.24, 2.45) is 0 Å². The van der Waals surface area contributed by atoms with Gasteiger partial charge < -0.3 is 4.98 Å². The molecule has 2 aromatic rings. The Morgan fingerprint density at radius 2 is 1.85 bits per heavy atom. The molecule has 0 radical (unpaired) electrons. The zero-order chi connectivity index (χ0) is 9.26. The summed E-state index contributed by atoms with van der Waals surface area (Å²) in [7, 11) is 0. The van der Waals surface area contributed by atoms with Gasteiger partial charge in [0.15, 0.2) is 0 Å². The second kappa shape index (κ2) is 3.12. The second-order valence-corrected chi connectivity index (χ2v) is 2.93. The molecule has 0 aliphatic heterocycles. The van der Waals surface area contributed by atoms with Crippen molar-refractivity contribution < 1.29 is 0 Å². The molecule has 13 heavy (non-hydrogen) atoms. The average molecular weight is 176 g/mol. The van der Waals surface area contributed by atoms with E-state index in [-0.39, 0.29) is 0 Å². The molecule has 2 aromatic heterocycles. The lowest BCUT2D eigenvalue weighted by Gasteiger charge is -1.99. The molecule has 0 saturated carbocycles. The molecule has 0 saturated heterocycles. The Kier molecular flexibility index (Phi) is 1.96. The number of nitrogens with zero attached hydrogens (tertiary/aromatic N) is 3. The molecule has 4 nitrogen and oxygen atoms in total. The second-order valence-electron chi connectivity index (χ2n) is 2.93. The first-order chi connectivity index (χ1) is 6.36. The maximum atomic E-state index is 4.24. The topological polar surface area (TPSA) is 54.5 Å². The van der Waals surface area contributed by atoms with Crippen molar-refractivity contribution in [3.8, 4) is 0 Å². The minimum Gasteiger partial charge on any atom is -0.343 e. The Bertz CT molecular complexity index is 380. The molecular weight excluding hydrogens is 164 g/mol. The summed E-state index contributed by atoms with van der Waals surface area (Å²) in [6, 6.07) is 0. The van der Waals surface area contributed by atoms with Gasteiger partial charge in [-0.3, -0.25) is 0 Å². The van der Waals surface area contributed by atoms with Crippen LogP contribution in [-0.4, -0.2) is 20.2 Å². The van der Waals surface area contributed by atoms with Crippen LogP contribution in [0.4, 0.5) is 0 Å². The van der Waals surface area contributed by atoms with E-state index in [1.165, 1.54) is 0 Å². The van der Waals surface area contributed by atoms with Crippen molar-refractivity contribution >= 4 is 11.0 Å². The van der Waals surface area contributed by atoms with E-state index in [0.717, 1.165) is 35.3 Å². The molecule has 1 N–H and O–H groups in total. The van der Waals surface area contributed by atoms with E-state index >= 15 is 0 Å². The van der Waals surface area contributed by atoms with Gasteiger partial charge in [0.05, 0.1) is 23.2 Å². The van der Waals surface area contributed by atoms with Crippen LogP contribution < -0.4 is 0 Å². The van der Waals surface area contributed by atoms with Gasteiger partial charge >= 0.3 is 0 Å². The number of fused-ring (bicyclic) bond motifs is 1. The number of hydrogen-bond donors (Lipinski definition) is 1. The van der Waals surface area contributed by atoms with Gasteiger partial charge in [-0.25, -0.2) is 4.98 Å². The van der Waals surface area contributed by atoms with Crippen LogP contribution in [0.3, 0.4) is 0 Å². The molecule has 2 rings (SSSR count). The van der Waals surface area contributed by atoms with Crippen molar-refractivity contribution in [1.29, 1.82) is 0 Å². The first kappa shape index (κ1) is 8.16. The number of nitrogens with one attached hydrogen (secondary N) is 1. The maximum Gasteiger partial charge on any atom is 0.113 e. The van der Waals surface area contributed by atoms with Gasteiger partial charge in [0.2, 0.25) is 0 Å². The number of aromatic amines is 1. The number of aryl methyl sites for hydroxylation is 2. The largest absolute Gasteiger partial charge is 0.343 e. The van der Waals surface area contributed by atoms with Crippen LogP contribution in [0.25, 0.3) is 11.0 Å². The highest BCUT2D eigenvalue weighted by atomic mass is 15.1. The molecule has 68 valence electrons. The van der Waals surface area contributed by atoms with Crippen LogP contribution in [0.15, 0.2) is 6.33 Å². The van der Waals surface area contributed by atoms with Crippen LogP contribution in [0.5, 0.6) is 0 Å². The fraction of sp³-hybridized carbons (Fsp3) is 0.444. The summed E-state index contributed by atoms with van der Waals surface area (Å²) in [5, 5.41) is 8.28. The SMILES string of the molecule is CCc1nnc(CC)c2[nH]cnc12. The summed E-state index contributed by atoms with van der Waals surface area (Å²) in [6.45, 7) is 4.12. The number of H-pyrrole nitrogens is 1. The molecule has 0 atom stereocenters. The molecule has 4 heteroatoms. The first-order valence-corrected chi connectivity index (χ1v) is 4.54. The van der Waals surface area contributed by atoms with Gasteiger partial charge in [0.1, 0.15) is 5.52 Å². The van der Waals surface area contributed by atoms with E-state index in [4.69, 9.17) is 0 Å². The van der Waals surface area contributed by atoms with E-state index < -0.39 is 0 Å². The molecule has 0 fully saturated rings. The third-order valence-electron chi connectivity index (χ3n) is 2.16. The minimum absolute atomic E-state index is 0.873. The van der Waals surface area contributed by atoms with Gasteiger partial charge in [-0.2, -0.15) is 10.2 Å². The summed E-state index contributed by atoms with van der Waals surface area (Å²) >= 11 is 0. The molecule has 2 heterocycles. The highest BCUT2D eigenvalue weighted by Crippen LogP contribution is 2.15. The lowest BCUT2D eigenvalue weighted by Crippen LogP contribution is -1.98. The number of imidazole rings is 1. The van der Waals surface area contributed by atoms with E-state index in [1.807, 2.05) is 0 Å². The van der Waals surface area contributed by atoms with Crippen LogP contribution in [-0.2, 0) is 12.8 Å². The molecule has 0 spiro atoms. The highest BCUT2D eigenvalue weighted by molar-refractivity contribution is 5.78. The van der Waals surface area contributed by atoms with E-state index in [2.05, 4.69) is 34.0 Å². The van der Waals surface area contributed by atoms with Crippen molar-refractivity contribution in [1.82, 2.24) is 20.2 Å². The fourth-order valence-corrected chi connectivity index (χ4v) is 1.44. The van der Waals surface area contributed by atoms with Gasteiger partial charge in [0, 0.05) is 0 Å². The van der Waals surface area contributed by atoms with Crippen LogP contribution in [0.2, 0.25) is 0 Å². The summed E-state index contributed by atoms with van der Waals surface area (Å²) < 4.78 is 0. The third kappa shape index (κ3) is 1.18. The molecule has 0 aliphatic carbocycles. The zero-order valence-corrected chi connectivity index (χ0v) is 7.83. The highest BCUT2D eigenvalue weighted by Gasteiger charge is 2.08. The monoisotopic (exact) mass is 176 g/mol. The van der Waals surface area contributed by atoms with Gasteiger partial charge in [-0.05, 0) is 12.8 Å². The predicted molar refractivity (Wildman–Crippen MR) is 50.4 cm³/mol. The standard InChI is InChI=1S/C9H12N4/c1-3-6-8-9(11-5-10-8)7(4-2)13-12-6/h5H,3-4H2,1-2H3,(H,10,11). The zero-order valence-electron chi connectivity index (χ0n) is 7.83. The number of aromatic nitrogens is 4. The fourth-order valence-electron chi connectivity index (χ4n) is 1.44. The Hall–Kier alpha value is -1.45. The lowest BCUT2D eigenvalue weighted by atomic mass is 10.2. The summed E-state index contributed by atoms with van der Waals surface area (Å²) in [5.74, 6) is 0. The Morgan fingerprint density at radius 1 is 1.15 bits per heavy atom. The Balaban J connectivity index is 2.74. The van der Waals surface area contributed by atoms with Crippen molar-refractivity contribution in [2.75, 3.05) is 0 Å².